The Morgan fingerprint density at radius 3 is 2.43 bits per heavy atom. The third-order valence-corrected chi connectivity index (χ3v) is 3.57. The number of benzene rings is 1. The van der Waals surface area contributed by atoms with Crippen LogP contribution in [0.2, 0.25) is 0 Å². The molecule has 28 heavy (non-hydrogen) atoms. The highest BCUT2D eigenvalue weighted by molar-refractivity contribution is 5.79. The van der Waals surface area contributed by atoms with Crippen molar-refractivity contribution in [2.45, 2.75) is 46.3 Å². The van der Waals surface area contributed by atoms with E-state index in [9.17, 15) is 9.18 Å². The van der Waals surface area contributed by atoms with E-state index >= 15 is 0 Å². The van der Waals surface area contributed by atoms with Gasteiger partial charge in [0.25, 0.3) is 0 Å². The second-order valence-electron chi connectivity index (χ2n) is 7.58. The van der Waals surface area contributed by atoms with Crippen LogP contribution >= 0.6 is 0 Å². The minimum absolute atomic E-state index is 0.260. The van der Waals surface area contributed by atoms with E-state index in [1.807, 2.05) is 33.8 Å². The summed E-state index contributed by atoms with van der Waals surface area (Å²) >= 11 is 0. The molecule has 1 aromatic rings. The second kappa shape index (κ2) is 11.4. The molecule has 0 fully saturated rings. The summed E-state index contributed by atoms with van der Waals surface area (Å²) in [5.41, 5.74) is 0.847. The maximum Gasteiger partial charge on any atom is 0.407 e. The van der Waals surface area contributed by atoms with Gasteiger partial charge in [-0.05, 0) is 51.8 Å². The van der Waals surface area contributed by atoms with Crippen molar-refractivity contribution in [1.29, 1.82) is 0 Å². The average Bonchev–Trinajstić information content (AvgIpc) is 2.57. The van der Waals surface area contributed by atoms with Crippen LogP contribution in [0.5, 0.6) is 0 Å². The number of hydrogen-bond acceptors (Lipinski definition) is 4. The van der Waals surface area contributed by atoms with Crippen molar-refractivity contribution in [2.75, 3.05) is 38.6 Å². The molecule has 0 spiro atoms. The maximum atomic E-state index is 14.1. The van der Waals surface area contributed by atoms with Gasteiger partial charge in [0.1, 0.15) is 11.4 Å². The molecule has 0 radical (unpaired) electrons. The largest absolute Gasteiger partial charge is 0.444 e. The first-order valence-corrected chi connectivity index (χ1v) is 9.57. The van der Waals surface area contributed by atoms with Crippen molar-refractivity contribution in [1.82, 2.24) is 16.0 Å². The number of alkyl carbamates (subject to hydrolysis) is 1. The van der Waals surface area contributed by atoms with Crippen LogP contribution in [-0.2, 0) is 11.3 Å². The summed E-state index contributed by atoms with van der Waals surface area (Å²) in [6, 6.07) is 5.13. The van der Waals surface area contributed by atoms with Crippen LogP contribution in [0.3, 0.4) is 0 Å². The van der Waals surface area contributed by atoms with Crippen molar-refractivity contribution in [3.05, 3.63) is 29.6 Å². The smallest absolute Gasteiger partial charge is 0.407 e. The van der Waals surface area contributed by atoms with E-state index in [1.165, 1.54) is 6.07 Å². The number of amides is 1. The number of nitrogens with zero attached hydrogens (tertiary/aromatic N) is 2. The molecule has 1 amide bonds. The molecule has 0 heterocycles. The Morgan fingerprint density at radius 2 is 1.86 bits per heavy atom. The lowest BCUT2D eigenvalue weighted by Gasteiger charge is -2.19. The summed E-state index contributed by atoms with van der Waals surface area (Å²) < 4.78 is 19.2. The third kappa shape index (κ3) is 9.43. The van der Waals surface area contributed by atoms with Gasteiger partial charge in [-0.15, -0.1) is 0 Å². The molecule has 0 saturated heterocycles. The number of aliphatic imine (C=N–C) groups is 1. The van der Waals surface area contributed by atoms with Crippen LogP contribution in [0.15, 0.2) is 23.2 Å². The maximum absolute atomic E-state index is 14.1. The van der Waals surface area contributed by atoms with Crippen LogP contribution in [0.1, 0.15) is 39.7 Å². The lowest BCUT2D eigenvalue weighted by Crippen LogP contribution is -2.39. The topological polar surface area (TPSA) is 78.0 Å². The molecule has 0 saturated carbocycles. The minimum atomic E-state index is -0.503. The fourth-order valence-corrected chi connectivity index (χ4v) is 2.32. The zero-order chi connectivity index (χ0) is 21.2. The van der Waals surface area contributed by atoms with Crippen LogP contribution in [0, 0.1) is 5.82 Å². The lowest BCUT2D eigenvalue weighted by molar-refractivity contribution is 0.0527. The van der Waals surface area contributed by atoms with Crippen molar-refractivity contribution in [3.63, 3.8) is 0 Å². The number of rotatable bonds is 8. The number of guanidine groups is 1. The van der Waals surface area contributed by atoms with Crippen molar-refractivity contribution in [3.8, 4) is 0 Å². The Morgan fingerprint density at radius 1 is 1.18 bits per heavy atom. The quantitative estimate of drug-likeness (QED) is 0.358. The summed E-state index contributed by atoms with van der Waals surface area (Å²) in [7, 11) is 3.61. The fraction of sp³-hybridized carbons (Fsp3) is 0.600. The van der Waals surface area contributed by atoms with Crippen LogP contribution in [-0.4, -0.2) is 51.4 Å². The predicted octanol–water partition coefficient (Wildman–Crippen LogP) is 2.86. The zero-order valence-electron chi connectivity index (χ0n) is 17.9. The van der Waals surface area contributed by atoms with Gasteiger partial charge in [0.05, 0.1) is 12.2 Å². The van der Waals surface area contributed by atoms with Gasteiger partial charge in [0, 0.05) is 33.7 Å². The SMILES string of the molecule is CCNC(=NCc1ccc(N(C)C)c(F)c1)NCCCNC(=O)OC(C)(C)C. The molecular weight excluding hydrogens is 361 g/mol. The summed E-state index contributed by atoms with van der Waals surface area (Å²) in [5.74, 6) is 0.390. The molecule has 1 aromatic carbocycles. The van der Waals surface area contributed by atoms with Gasteiger partial charge in [-0.3, -0.25) is 0 Å². The Labute approximate surface area is 167 Å². The van der Waals surface area contributed by atoms with E-state index in [2.05, 4.69) is 20.9 Å². The van der Waals surface area contributed by atoms with E-state index < -0.39 is 11.7 Å². The summed E-state index contributed by atoms with van der Waals surface area (Å²) in [6.07, 6.45) is 0.298. The van der Waals surface area contributed by atoms with E-state index in [-0.39, 0.29) is 5.82 Å². The van der Waals surface area contributed by atoms with Gasteiger partial charge < -0.3 is 25.6 Å². The van der Waals surface area contributed by atoms with Gasteiger partial charge in [-0.1, -0.05) is 6.07 Å². The van der Waals surface area contributed by atoms with E-state index in [4.69, 9.17) is 4.74 Å². The van der Waals surface area contributed by atoms with Gasteiger partial charge in [0.15, 0.2) is 5.96 Å². The number of nitrogens with one attached hydrogen (secondary N) is 3. The Kier molecular flexibility index (Phi) is 9.55. The van der Waals surface area contributed by atoms with Crippen molar-refractivity contribution in [2.24, 2.45) is 4.99 Å². The molecule has 0 aliphatic carbocycles. The molecule has 8 heteroatoms. The first-order valence-electron chi connectivity index (χ1n) is 9.57. The van der Waals surface area contributed by atoms with Gasteiger partial charge in [0.2, 0.25) is 0 Å². The lowest BCUT2D eigenvalue weighted by atomic mass is 10.2. The summed E-state index contributed by atoms with van der Waals surface area (Å²) in [5, 5.41) is 9.07. The predicted molar refractivity (Wildman–Crippen MR) is 112 cm³/mol. The number of anilines is 1. The normalized spacial score (nSPS) is 11.8. The Bertz CT molecular complexity index is 656. The highest BCUT2D eigenvalue weighted by Gasteiger charge is 2.15. The highest BCUT2D eigenvalue weighted by atomic mass is 19.1. The number of halogens is 1. The first kappa shape index (κ1) is 23.5. The first-order chi connectivity index (χ1) is 13.1. The van der Waals surface area contributed by atoms with Crippen LogP contribution in [0.25, 0.3) is 0 Å². The Hall–Kier alpha value is -2.51. The molecule has 0 atom stereocenters. The van der Waals surface area contributed by atoms with E-state index in [0.29, 0.717) is 31.3 Å². The second-order valence-corrected chi connectivity index (χ2v) is 7.58. The van der Waals surface area contributed by atoms with Crippen molar-refractivity contribution >= 4 is 17.7 Å². The average molecular weight is 396 g/mol. The molecule has 1 rings (SSSR count). The molecule has 0 aromatic heterocycles. The molecule has 158 valence electrons. The van der Waals surface area contributed by atoms with E-state index in [1.54, 1.807) is 25.1 Å². The fourth-order valence-electron chi connectivity index (χ4n) is 2.32. The summed E-state index contributed by atoms with van der Waals surface area (Å²) in [6.45, 7) is 9.68. The third-order valence-electron chi connectivity index (χ3n) is 3.57. The van der Waals surface area contributed by atoms with Gasteiger partial charge in [-0.2, -0.15) is 0 Å². The minimum Gasteiger partial charge on any atom is -0.444 e. The molecule has 3 N–H and O–H groups in total. The van der Waals surface area contributed by atoms with E-state index in [0.717, 1.165) is 18.5 Å². The standard InChI is InChI=1S/C20H34FN5O2/c1-7-22-18(23-11-8-12-24-19(27)28-20(2,3)4)25-14-15-9-10-17(26(5)6)16(21)13-15/h9-10,13H,7-8,11-12,14H2,1-6H3,(H,24,27)(H2,22,23,25). The number of hydrogen-bond donors (Lipinski definition) is 3. The van der Waals surface area contributed by atoms with Crippen LogP contribution in [0.4, 0.5) is 14.9 Å². The molecule has 0 bridgehead atoms. The number of ether oxygens (including phenoxy) is 1. The van der Waals surface area contributed by atoms with Gasteiger partial charge >= 0.3 is 6.09 Å². The molecule has 0 unspecified atom stereocenters. The summed E-state index contributed by atoms with van der Waals surface area (Å²) in [4.78, 5) is 17.8. The van der Waals surface area contributed by atoms with Gasteiger partial charge in [-0.25, -0.2) is 14.2 Å². The molecule has 0 aliphatic heterocycles. The highest BCUT2D eigenvalue weighted by Crippen LogP contribution is 2.18. The molecular formula is C20H34FN5O2. The van der Waals surface area contributed by atoms with Crippen LogP contribution < -0.4 is 20.9 Å². The molecule has 0 aliphatic rings. The Balaban J connectivity index is 2.46. The number of carbonyl (C=O) groups is 1. The zero-order valence-corrected chi connectivity index (χ0v) is 17.9. The monoisotopic (exact) mass is 395 g/mol. The van der Waals surface area contributed by atoms with Crippen molar-refractivity contribution < 1.29 is 13.9 Å². The number of carbonyl (C=O) groups excluding carboxylic acids is 1. The molecule has 7 nitrogen and oxygen atoms in total.